The van der Waals surface area contributed by atoms with Crippen molar-refractivity contribution >= 4 is 38.1 Å². The first-order chi connectivity index (χ1) is 18.5. The molecule has 0 spiro atoms. The lowest BCUT2D eigenvalue weighted by atomic mass is 10.1. The number of sulfonamides is 1. The Morgan fingerprint density at radius 1 is 1.21 bits per heavy atom. The van der Waals surface area contributed by atoms with E-state index in [1.165, 1.54) is 6.07 Å². The van der Waals surface area contributed by atoms with Crippen LogP contribution in [0.4, 0.5) is 14.5 Å². The van der Waals surface area contributed by atoms with Gasteiger partial charge in [-0.1, -0.05) is 11.3 Å². The maximum atomic E-state index is 13.6. The molecule has 2 N–H and O–H groups in total. The summed E-state index contributed by atoms with van der Waals surface area (Å²) in [5.41, 5.74) is -0.350. The van der Waals surface area contributed by atoms with Gasteiger partial charge in [-0.15, -0.1) is 10.2 Å². The smallest absolute Gasteiger partial charge is 0.291 e. The van der Waals surface area contributed by atoms with E-state index in [4.69, 9.17) is 9.72 Å². The molecule has 3 fully saturated rings. The van der Waals surface area contributed by atoms with Crippen LogP contribution in [0.2, 0.25) is 0 Å². The summed E-state index contributed by atoms with van der Waals surface area (Å²) >= 11 is 0.725. The van der Waals surface area contributed by atoms with Crippen molar-refractivity contribution in [2.45, 2.75) is 74.1 Å². The fraction of sp³-hybridized carbons (Fsp3) is 0.583. The number of aromatic nitrogens is 4. The zero-order valence-corrected chi connectivity index (χ0v) is 23.2. The lowest BCUT2D eigenvalue weighted by Crippen LogP contribution is -2.54. The highest BCUT2D eigenvalue weighted by Gasteiger charge is 2.50. The summed E-state index contributed by atoms with van der Waals surface area (Å²) in [7, 11) is -2.54. The maximum absolute atomic E-state index is 13.6. The van der Waals surface area contributed by atoms with Crippen molar-refractivity contribution in [3.63, 3.8) is 0 Å². The van der Waals surface area contributed by atoms with Crippen LogP contribution in [0.25, 0.3) is 16.2 Å². The van der Waals surface area contributed by atoms with E-state index in [9.17, 15) is 22.5 Å². The van der Waals surface area contributed by atoms with Crippen LogP contribution in [0.3, 0.4) is 0 Å². The van der Waals surface area contributed by atoms with Gasteiger partial charge in [0, 0.05) is 32.3 Å². The summed E-state index contributed by atoms with van der Waals surface area (Å²) in [5, 5.41) is 20.4. The molecule has 1 saturated heterocycles. The van der Waals surface area contributed by atoms with Crippen LogP contribution in [0.1, 0.15) is 56.8 Å². The molecule has 6 rings (SSSR count). The molecule has 11 nitrogen and oxygen atoms in total. The number of piperazine rings is 1. The second-order valence-electron chi connectivity index (χ2n) is 10.7. The zero-order chi connectivity index (χ0) is 27.7. The molecular weight excluding hydrogens is 550 g/mol. The van der Waals surface area contributed by atoms with E-state index in [0.29, 0.717) is 61.3 Å². The van der Waals surface area contributed by atoms with Crippen LogP contribution in [-0.4, -0.2) is 66.0 Å². The first-order valence-corrected chi connectivity index (χ1v) is 15.0. The summed E-state index contributed by atoms with van der Waals surface area (Å²) < 4.78 is 64.1. The third kappa shape index (κ3) is 4.57. The average molecular weight is 579 g/mol. The molecule has 0 radical (unpaired) electrons. The Morgan fingerprint density at radius 3 is 2.44 bits per heavy atom. The largest absolute Gasteiger partial charge is 0.370 e. The van der Waals surface area contributed by atoms with Gasteiger partial charge in [0.25, 0.3) is 6.43 Å². The van der Waals surface area contributed by atoms with Gasteiger partial charge >= 0.3 is 0 Å². The van der Waals surface area contributed by atoms with Crippen molar-refractivity contribution in [1.82, 2.24) is 29.8 Å². The standard InChI is InChI=1S/C24H28F2N8O3S2/c1-13-10-33(11-14(2)28-13)16-8-15(39(35,36)32-23(12-27)4-5-23)9-17-18(16)29-21(24(37-3)6-7-24)34(17)22-31-30-20(38-22)19(25)26/h8-9,13-14,19,28,32H,4-7,10-11H2,1-3H3/t13-,14-/m0/s1. The fourth-order valence-corrected chi connectivity index (χ4v) is 7.40. The van der Waals surface area contributed by atoms with Gasteiger partial charge in [0.15, 0.2) is 5.01 Å². The number of hydrogen-bond acceptors (Lipinski definition) is 10. The number of nitrogens with one attached hydrogen (secondary N) is 2. The number of nitrogens with zero attached hydrogens (tertiary/aromatic N) is 6. The van der Waals surface area contributed by atoms with Gasteiger partial charge in [-0.05, 0) is 51.7 Å². The molecule has 15 heteroatoms. The third-order valence-corrected chi connectivity index (χ3v) is 9.96. The quantitative estimate of drug-likeness (QED) is 0.413. The number of fused-ring (bicyclic) bond motifs is 1. The molecule has 3 heterocycles. The summed E-state index contributed by atoms with van der Waals surface area (Å²) in [6.45, 7) is 5.30. The van der Waals surface area contributed by atoms with Gasteiger partial charge in [-0.25, -0.2) is 22.2 Å². The van der Waals surface area contributed by atoms with Crippen LogP contribution in [0.5, 0.6) is 0 Å². The Hall–Kier alpha value is -2.77. The first-order valence-electron chi connectivity index (χ1n) is 12.7. The molecule has 0 bridgehead atoms. The number of rotatable bonds is 8. The number of methoxy groups -OCH3 is 1. The maximum Gasteiger partial charge on any atom is 0.291 e. The van der Waals surface area contributed by atoms with Crippen molar-refractivity contribution in [3.8, 4) is 11.2 Å². The lowest BCUT2D eigenvalue weighted by Gasteiger charge is -2.37. The second-order valence-corrected chi connectivity index (χ2v) is 13.3. The first kappa shape index (κ1) is 26.5. The van der Waals surface area contributed by atoms with Gasteiger partial charge < -0.3 is 15.0 Å². The molecule has 2 atom stereocenters. The van der Waals surface area contributed by atoms with Crippen LogP contribution in [0.15, 0.2) is 17.0 Å². The molecule has 3 aliphatic rings. The molecule has 208 valence electrons. The summed E-state index contributed by atoms with van der Waals surface area (Å²) in [5.74, 6) is 0.465. The van der Waals surface area contributed by atoms with Gasteiger partial charge in [0.1, 0.15) is 22.5 Å². The number of hydrogen-bond donors (Lipinski definition) is 2. The highest BCUT2D eigenvalue weighted by molar-refractivity contribution is 7.89. The number of alkyl halides is 2. The van der Waals surface area contributed by atoms with E-state index in [-0.39, 0.29) is 22.1 Å². The van der Waals surface area contributed by atoms with E-state index in [1.807, 2.05) is 13.8 Å². The minimum absolute atomic E-state index is 0.0427. The minimum Gasteiger partial charge on any atom is -0.370 e. The predicted molar refractivity (Wildman–Crippen MR) is 140 cm³/mol. The Morgan fingerprint density at radius 2 is 1.90 bits per heavy atom. The SMILES string of the molecule is COC1(c2nc3c(N4C[C@H](C)N[C@@H](C)C4)cc(S(=O)(=O)NC4(C#N)CC4)cc3n2-c2nnc(C(F)F)s2)CC1. The van der Waals surface area contributed by atoms with Crippen molar-refractivity contribution < 1.29 is 21.9 Å². The van der Waals surface area contributed by atoms with Crippen LogP contribution in [0, 0.1) is 11.3 Å². The molecule has 0 unspecified atom stereocenters. The van der Waals surface area contributed by atoms with Crippen LogP contribution >= 0.6 is 11.3 Å². The van der Waals surface area contributed by atoms with Gasteiger partial charge in [0.05, 0.1) is 22.2 Å². The molecule has 2 aromatic heterocycles. The summed E-state index contributed by atoms with van der Waals surface area (Å²) in [6.07, 6.45) is -0.593. The molecule has 2 aliphatic carbocycles. The third-order valence-electron chi connectivity index (χ3n) is 7.53. The zero-order valence-electron chi connectivity index (χ0n) is 21.6. The Labute approximate surface area is 228 Å². The van der Waals surface area contributed by atoms with E-state index >= 15 is 0 Å². The number of anilines is 1. The Balaban J connectivity index is 1.61. The monoisotopic (exact) mass is 578 g/mol. The number of ether oxygens (including phenoxy) is 1. The molecule has 39 heavy (non-hydrogen) atoms. The fourth-order valence-electron chi connectivity index (χ4n) is 5.27. The lowest BCUT2D eigenvalue weighted by molar-refractivity contribution is 0.0702. The predicted octanol–water partition coefficient (Wildman–Crippen LogP) is 2.97. The van der Waals surface area contributed by atoms with Crippen molar-refractivity contribution in [2.75, 3.05) is 25.1 Å². The Kier molecular flexibility index (Phi) is 6.19. The number of halogens is 2. The normalized spacial score (nSPS) is 23.8. The summed E-state index contributed by atoms with van der Waals surface area (Å²) in [6, 6.07) is 5.37. The number of nitriles is 1. The number of benzene rings is 1. The highest BCUT2D eigenvalue weighted by atomic mass is 32.2. The number of imidazole rings is 1. The van der Waals surface area contributed by atoms with E-state index in [2.05, 4.69) is 31.2 Å². The average Bonchev–Trinajstić information content (AvgIpc) is 3.75. The molecular formula is C24H28F2N8O3S2. The van der Waals surface area contributed by atoms with Crippen LogP contribution in [-0.2, 0) is 20.4 Å². The molecule has 3 aromatic rings. The van der Waals surface area contributed by atoms with Crippen LogP contribution < -0.4 is 14.9 Å². The Bertz CT molecular complexity index is 1580. The van der Waals surface area contributed by atoms with Gasteiger partial charge in [-0.3, -0.25) is 4.57 Å². The van der Waals surface area contributed by atoms with E-state index in [0.717, 1.165) is 11.3 Å². The molecule has 1 aliphatic heterocycles. The molecule has 0 amide bonds. The minimum atomic E-state index is -4.11. The second kappa shape index (κ2) is 9.13. The van der Waals surface area contributed by atoms with Crippen molar-refractivity contribution in [3.05, 3.63) is 23.0 Å². The topological polar surface area (TPSA) is 138 Å². The highest BCUT2D eigenvalue weighted by Crippen LogP contribution is 2.50. The van der Waals surface area contributed by atoms with Gasteiger partial charge in [0.2, 0.25) is 15.2 Å². The van der Waals surface area contributed by atoms with Gasteiger partial charge in [-0.2, -0.15) is 9.98 Å². The van der Waals surface area contributed by atoms with E-state index in [1.54, 1.807) is 17.7 Å². The summed E-state index contributed by atoms with van der Waals surface area (Å²) in [4.78, 5) is 7.00. The van der Waals surface area contributed by atoms with Crippen molar-refractivity contribution in [1.29, 1.82) is 5.26 Å². The van der Waals surface area contributed by atoms with Crippen molar-refractivity contribution in [2.24, 2.45) is 0 Å². The van der Waals surface area contributed by atoms with E-state index < -0.39 is 32.6 Å². The molecule has 1 aromatic carbocycles. The molecule has 2 saturated carbocycles.